The average molecular weight is 102 g/mol. The highest BCUT2D eigenvalue weighted by atomic mass is 16.6. The van der Waals surface area contributed by atoms with Gasteiger partial charge in [0.1, 0.15) is 6.29 Å². The van der Waals surface area contributed by atoms with Gasteiger partial charge in [0.15, 0.2) is 0 Å². The van der Waals surface area contributed by atoms with Crippen molar-refractivity contribution in [1.29, 1.82) is 0 Å². The maximum atomic E-state index is 8.81. The van der Waals surface area contributed by atoms with Gasteiger partial charge in [-0.1, -0.05) is 0 Å². The highest BCUT2D eigenvalue weighted by Gasteiger charge is 2.13. The quantitative estimate of drug-likeness (QED) is 0.331. The van der Waals surface area contributed by atoms with E-state index >= 15 is 0 Å². The molecule has 7 heavy (non-hydrogen) atoms. The van der Waals surface area contributed by atoms with E-state index in [1.807, 2.05) is 0 Å². The molecule has 0 aliphatic carbocycles. The second kappa shape index (κ2) is 3.81. The van der Waals surface area contributed by atoms with Crippen molar-refractivity contribution in [1.82, 2.24) is 0 Å². The molecule has 0 amide bonds. The van der Waals surface area contributed by atoms with E-state index in [1.165, 1.54) is 6.92 Å². The van der Waals surface area contributed by atoms with Crippen molar-refractivity contribution in [3.8, 4) is 0 Å². The van der Waals surface area contributed by atoms with Crippen molar-refractivity contribution in [2.75, 3.05) is 6.61 Å². The number of ether oxygens (including phenoxy) is 1. The zero-order valence-electron chi connectivity index (χ0n) is 4.68. The van der Waals surface area contributed by atoms with Gasteiger partial charge in [-0.25, -0.2) is 0 Å². The first-order chi connectivity index (χ1) is 3.31. The third kappa shape index (κ3) is 10.7. The van der Waals surface area contributed by atoms with Crippen LogP contribution in [0.25, 0.3) is 0 Å². The van der Waals surface area contributed by atoms with Crippen molar-refractivity contribution in [3.05, 3.63) is 0 Å². The third-order valence-corrected chi connectivity index (χ3v) is 0.500. The summed E-state index contributed by atoms with van der Waals surface area (Å²) in [6.07, 6.45) is 1.33. The number of rotatable bonds is 0. The predicted molar refractivity (Wildman–Crippen MR) is 27.2 cm³/mol. The Morgan fingerprint density at radius 2 is 2.00 bits per heavy atom. The molecule has 1 unspecified atom stereocenters. The molecule has 1 heterocycles. The zero-order chi connectivity index (χ0) is 5.70. The molecule has 0 aromatic carbocycles. The van der Waals surface area contributed by atoms with Gasteiger partial charge in [-0.2, -0.15) is 0 Å². The monoisotopic (exact) mass is 102 g/mol. The van der Waals surface area contributed by atoms with Gasteiger partial charge in [-0.3, -0.25) is 0 Å². The van der Waals surface area contributed by atoms with Gasteiger partial charge < -0.3 is 9.53 Å². The standard InChI is InChI=1S/C3H6O.C2H4O/c1-3-2-4-3;1-2-3/h3H,2H2,1H3;2H,1H3. The molecule has 1 aliphatic rings. The molecule has 0 aromatic rings. The van der Waals surface area contributed by atoms with Gasteiger partial charge in [0.05, 0.1) is 12.7 Å². The van der Waals surface area contributed by atoms with Crippen LogP contribution in [0.15, 0.2) is 0 Å². The SMILES string of the molecule is CC1CO1.CC=O. The van der Waals surface area contributed by atoms with Crippen LogP contribution in [0.2, 0.25) is 0 Å². The van der Waals surface area contributed by atoms with Crippen molar-refractivity contribution >= 4 is 6.29 Å². The van der Waals surface area contributed by atoms with Gasteiger partial charge in [0.25, 0.3) is 0 Å². The van der Waals surface area contributed by atoms with Crippen molar-refractivity contribution in [2.45, 2.75) is 20.0 Å². The summed E-state index contributed by atoms with van der Waals surface area (Å²) in [6.45, 7) is 4.49. The number of carbonyl (C=O) groups is 1. The average Bonchev–Trinajstić information content (AvgIpc) is 2.25. The summed E-state index contributed by atoms with van der Waals surface area (Å²) >= 11 is 0. The van der Waals surface area contributed by atoms with E-state index in [1.54, 1.807) is 0 Å². The molecular formula is C5H10O2. The molecule has 1 aliphatic heterocycles. The topological polar surface area (TPSA) is 29.6 Å². The lowest BCUT2D eigenvalue weighted by atomic mass is 10.6. The predicted octanol–water partition coefficient (Wildman–Crippen LogP) is 0.610. The van der Waals surface area contributed by atoms with E-state index in [0.717, 1.165) is 12.9 Å². The first kappa shape index (κ1) is 6.63. The molecule has 0 spiro atoms. The Bertz CT molecular complexity index is 48.0. The van der Waals surface area contributed by atoms with Crippen LogP contribution in [0, 0.1) is 0 Å². The Morgan fingerprint density at radius 1 is 1.86 bits per heavy atom. The van der Waals surface area contributed by atoms with Crippen LogP contribution < -0.4 is 0 Å². The molecule has 42 valence electrons. The number of hydrogen-bond donors (Lipinski definition) is 0. The lowest BCUT2D eigenvalue weighted by molar-refractivity contribution is -0.106. The molecule has 1 saturated heterocycles. The Balaban J connectivity index is 0.000000110. The summed E-state index contributed by atoms with van der Waals surface area (Å²) in [6, 6.07) is 0. The largest absolute Gasteiger partial charge is 0.373 e. The van der Waals surface area contributed by atoms with Crippen LogP contribution in [0.1, 0.15) is 13.8 Å². The molecular weight excluding hydrogens is 92.1 g/mol. The molecule has 0 radical (unpaired) electrons. The number of carbonyl (C=O) groups excluding carboxylic acids is 1. The van der Waals surface area contributed by atoms with Crippen LogP contribution in [0.3, 0.4) is 0 Å². The summed E-state index contributed by atoms with van der Waals surface area (Å²) in [5.74, 6) is 0. The van der Waals surface area contributed by atoms with Gasteiger partial charge in [0.2, 0.25) is 0 Å². The van der Waals surface area contributed by atoms with E-state index in [9.17, 15) is 0 Å². The van der Waals surface area contributed by atoms with Crippen LogP contribution in [-0.2, 0) is 9.53 Å². The Morgan fingerprint density at radius 3 is 2.00 bits per heavy atom. The van der Waals surface area contributed by atoms with E-state index in [2.05, 4.69) is 6.92 Å². The number of hydrogen-bond acceptors (Lipinski definition) is 2. The molecule has 1 atom stereocenters. The highest BCUT2D eigenvalue weighted by molar-refractivity contribution is 5.44. The molecule has 2 heteroatoms. The zero-order valence-corrected chi connectivity index (χ0v) is 4.68. The summed E-state index contributed by atoms with van der Waals surface area (Å²) in [5, 5.41) is 0. The Kier molecular flexibility index (Phi) is 3.61. The van der Waals surface area contributed by atoms with Crippen LogP contribution >= 0.6 is 0 Å². The summed E-state index contributed by atoms with van der Waals surface area (Å²) in [7, 11) is 0. The smallest absolute Gasteiger partial charge is 0.116 e. The molecule has 1 fully saturated rings. The minimum Gasteiger partial charge on any atom is -0.373 e. The maximum absolute atomic E-state index is 8.81. The lowest BCUT2D eigenvalue weighted by Crippen LogP contribution is -1.60. The number of aldehydes is 1. The molecule has 0 aromatic heterocycles. The van der Waals surface area contributed by atoms with Crippen LogP contribution in [0.4, 0.5) is 0 Å². The fourth-order valence-corrected chi connectivity index (χ4v) is 0.0962. The van der Waals surface area contributed by atoms with Crippen molar-refractivity contribution < 1.29 is 9.53 Å². The van der Waals surface area contributed by atoms with E-state index in [0.29, 0.717) is 6.10 Å². The molecule has 1 rings (SSSR count). The van der Waals surface area contributed by atoms with Crippen LogP contribution in [-0.4, -0.2) is 19.0 Å². The lowest BCUT2D eigenvalue weighted by Gasteiger charge is -1.50. The second-order valence-electron chi connectivity index (χ2n) is 1.38. The van der Waals surface area contributed by atoms with Crippen molar-refractivity contribution in [2.24, 2.45) is 0 Å². The fourth-order valence-electron chi connectivity index (χ4n) is 0.0962. The molecule has 0 bridgehead atoms. The minimum atomic E-state index is 0.583. The Labute approximate surface area is 43.5 Å². The first-order valence-corrected chi connectivity index (χ1v) is 2.32. The second-order valence-corrected chi connectivity index (χ2v) is 1.38. The van der Waals surface area contributed by atoms with Gasteiger partial charge in [-0.15, -0.1) is 0 Å². The van der Waals surface area contributed by atoms with Crippen molar-refractivity contribution in [3.63, 3.8) is 0 Å². The molecule has 2 nitrogen and oxygen atoms in total. The third-order valence-electron chi connectivity index (χ3n) is 0.500. The van der Waals surface area contributed by atoms with E-state index in [4.69, 9.17) is 9.53 Å². The van der Waals surface area contributed by atoms with E-state index in [-0.39, 0.29) is 0 Å². The fraction of sp³-hybridized carbons (Fsp3) is 0.800. The van der Waals surface area contributed by atoms with Crippen LogP contribution in [0.5, 0.6) is 0 Å². The van der Waals surface area contributed by atoms with Gasteiger partial charge in [-0.05, 0) is 13.8 Å². The normalized spacial score (nSPS) is 24.6. The Hall–Kier alpha value is -0.370. The summed E-state index contributed by atoms with van der Waals surface area (Å²) in [4.78, 5) is 8.81. The highest BCUT2D eigenvalue weighted by Crippen LogP contribution is 2.04. The first-order valence-electron chi connectivity index (χ1n) is 2.32. The summed E-state index contributed by atoms with van der Waals surface area (Å²) < 4.78 is 4.71. The van der Waals surface area contributed by atoms with Gasteiger partial charge >= 0.3 is 0 Å². The number of epoxide rings is 1. The molecule has 0 saturated carbocycles. The molecule has 0 N–H and O–H groups in total. The maximum Gasteiger partial charge on any atom is 0.116 e. The minimum absolute atomic E-state index is 0.583. The van der Waals surface area contributed by atoms with Gasteiger partial charge in [0, 0.05) is 0 Å². The van der Waals surface area contributed by atoms with E-state index < -0.39 is 0 Å². The summed E-state index contributed by atoms with van der Waals surface area (Å²) in [5.41, 5.74) is 0.